The zero-order valence-electron chi connectivity index (χ0n) is 20.0. The molecule has 2 N–H and O–H groups in total. The molecule has 36 heavy (non-hydrogen) atoms. The Balaban J connectivity index is 0.000000861. The summed E-state index contributed by atoms with van der Waals surface area (Å²) in [6.45, 7) is 0.302. The molecule has 0 unspecified atom stereocenters. The number of terminal acetylenes is 1. The van der Waals surface area contributed by atoms with Crippen LogP contribution in [0.3, 0.4) is 0 Å². The molecule has 9 heteroatoms. The van der Waals surface area contributed by atoms with Gasteiger partial charge in [0, 0.05) is 31.2 Å². The smallest absolute Gasteiger partial charge is 0.411 e. The Morgan fingerprint density at radius 2 is 1.89 bits per heavy atom. The van der Waals surface area contributed by atoms with E-state index in [1.54, 1.807) is 18.3 Å². The van der Waals surface area contributed by atoms with Crippen LogP contribution in [0, 0.1) is 24.6 Å². The minimum absolute atomic E-state index is 0.118. The molecule has 0 saturated heterocycles. The molecular formula is C27H29ClFN5O2. The number of alkyl halides is 1. The SMILES string of the molecule is C#C.CCl.O=C(O)N(CC1CCC(c2nc3ccc(-n4cccn4)cc3[nH]2)CC1)c1ccccc1F. The highest BCUT2D eigenvalue weighted by atomic mass is 35.5. The van der Waals surface area contributed by atoms with Crippen LogP contribution in [-0.4, -0.2) is 43.9 Å². The molecule has 2 aromatic carbocycles. The van der Waals surface area contributed by atoms with Gasteiger partial charge in [-0.3, -0.25) is 4.90 Å². The number of halogens is 2. The van der Waals surface area contributed by atoms with Crippen LogP contribution in [0.2, 0.25) is 0 Å². The second-order valence-electron chi connectivity index (χ2n) is 8.34. The lowest BCUT2D eigenvalue weighted by molar-refractivity contribution is 0.198. The van der Waals surface area contributed by atoms with Gasteiger partial charge in [-0.05, 0) is 68.0 Å². The van der Waals surface area contributed by atoms with Crippen LogP contribution in [0.4, 0.5) is 14.9 Å². The number of aromatic amines is 1. The van der Waals surface area contributed by atoms with Gasteiger partial charge >= 0.3 is 6.09 Å². The second-order valence-corrected chi connectivity index (χ2v) is 8.34. The summed E-state index contributed by atoms with van der Waals surface area (Å²) in [5.41, 5.74) is 3.00. The molecular weight excluding hydrogens is 481 g/mol. The Labute approximate surface area is 214 Å². The number of benzene rings is 2. The van der Waals surface area contributed by atoms with E-state index in [0.29, 0.717) is 12.5 Å². The fourth-order valence-corrected chi connectivity index (χ4v) is 4.60. The molecule has 1 amide bonds. The lowest BCUT2D eigenvalue weighted by Crippen LogP contribution is -2.36. The Kier molecular flexibility index (Phi) is 9.48. The van der Waals surface area contributed by atoms with Crippen LogP contribution in [-0.2, 0) is 0 Å². The number of rotatable bonds is 5. The van der Waals surface area contributed by atoms with Crippen LogP contribution < -0.4 is 4.90 Å². The normalized spacial score (nSPS) is 16.8. The molecule has 2 heterocycles. The number of carboxylic acid groups (broad SMARTS) is 1. The maximum absolute atomic E-state index is 14.1. The quantitative estimate of drug-likeness (QED) is 0.239. The maximum atomic E-state index is 14.1. The first kappa shape index (κ1) is 26.8. The van der Waals surface area contributed by atoms with Gasteiger partial charge in [0.1, 0.15) is 11.6 Å². The fraction of sp³-hybridized carbons (Fsp3) is 0.296. The monoisotopic (exact) mass is 509 g/mol. The van der Waals surface area contributed by atoms with Gasteiger partial charge < -0.3 is 10.1 Å². The van der Waals surface area contributed by atoms with Crippen molar-refractivity contribution in [1.29, 1.82) is 0 Å². The largest absolute Gasteiger partial charge is 0.465 e. The van der Waals surface area contributed by atoms with Gasteiger partial charge in [0.25, 0.3) is 0 Å². The summed E-state index contributed by atoms with van der Waals surface area (Å²) in [5, 5.41) is 13.9. The predicted octanol–water partition coefficient (Wildman–Crippen LogP) is 6.45. The molecule has 7 nitrogen and oxygen atoms in total. The van der Waals surface area contributed by atoms with Gasteiger partial charge in [0.05, 0.1) is 22.4 Å². The highest BCUT2D eigenvalue weighted by Crippen LogP contribution is 2.36. The van der Waals surface area contributed by atoms with Crippen LogP contribution >= 0.6 is 11.6 Å². The average Bonchev–Trinajstić information content (AvgIpc) is 3.60. The van der Waals surface area contributed by atoms with E-state index in [0.717, 1.165) is 53.1 Å². The second kappa shape index (κ2) is 12.8. The lowest BCUT2D eigenvalue weighted by Gasteiger charge is -2.31. The molecule has 1 saturated carbocycles. The maximum Gasteiger partial charge on any atom is 0.411 e. The van der Waals surface area contributed by atoms with Crippen molar-refractivity contribution in [3.63, 3.8) is 0 Å². The molecule has 0 spiro atoms. The van der Waals surface area contributed by atoms with E-state index in [9.17, 15) is 14.3 Å². The number of hydrogen-bond acceptors (Lipinski definition) is 3. The third-order valence-electron chi connectivity index (χ3n) is 6.30. The predicted molar refractivity (Wildman–Crippen MR) is 141 cm³/mol. The number of hydrogen-bond donors (Lipinski definition) is 2. The van der Waals surface area contributed by atoms with E-state index in [1.165, 1.54) is 18.5 Å². The van der Waals surface area contributed by atoms with Crippen molar-refractivity contribution in [2.24, 2.45) is 5.92 Å². The minimum Gasteiger partial charge on any atom is -0.465 e. The summed E-state index contributed by atoms with van der Waals surface area (Å²) >= 11 is 4.64. The van der Waals surface area contributed by atoms with Crippen molar-refractivity contribution in [3.05, 3.63) is 72.6 Å². The summed E-state index contributed by atoms with van der Waals surface area (Å²) in [7, 11) is 0. The van der Waals surface area contributed by atoms with Gasteiger partial charge in [-0.1, -0.05) is 12.1 Å². The van der Waals surface area contributed by atoms with Gasteiger partial charge in [-0.15, -0.1) is 24.4 Å². The number of H-pyrrole nitrogens is 1. The van der Waals surface area contributed by atoms with Gasteiger partial charge in [0.15, 0.2) is 0 Å². The standard InChI is InChI=1S/C24H24FN5O2.C2H2.CH3Cl/c25-19-4-1-2-5-22(19)29(24(31)32)15-16-6-8-17(9-7-16)23-27-20-11-10-18(14-21(20)28-23)30-13-3-12-26-30;2*1-2/h1-5,10-14,16-17H,6-9,15H2,(H,27,28)(H,31,32);1-2H;1H3. The molecule has 188 valence electrons. The van der Waals surface area contributed by atoms with Crippen molar-refractivity contribution in [2.45, 2.75) is 31.6 Å². The van der Waals surface area contributed by atoms with Gasteiger partial charge in [-0.2, -0.15) is 5.10 Å². The number of fused-ring (bicyclic) bond motifs is 1. The van der Waals surface area contributed by atoms with Crippen LogP contribution in [0.15, 0.2) is 60.9 Å². The fourth-order valence-electron chi connectivity index (χ4n) is 4.60. The number of anilines is 1. The third-order valence-corrected chi connectivity index (χ3v) is 6.30. The minimum atomic E-state index is -1.12. The van der Waals surface area contributed by atoms with E-state index in [1.807, 2.05) is 35.1 Å². The molecule has 0 aliphatic heterocycles. The zero-order valence-corrected chi connectivity index (χ0v) is 20.8. The Bertz CT molecular complexity index is 1280. The Hall–Kier alpha value is -3.83. The number of aromatic nitrogens is 4. The summed E-state index contributed by atoms with van der Waals surface area (Å²) in [6.07, 6.45) is 15.6. The lowest BCUT2D eigenvalue weighted by atomic mass is 9.81. The van der Waals surface area contributed by atoms with E-state index < -0.39 is 11.9 Å². The van der Waals surface area contributed by atoms with E-state index in [-0.39, 0.29) is 11.6 Å². The molecule has 4 aromatic rings. The summed E-state index contributed by atoms with van der Waals surface area (Å²) < 4.78 is 15.9. The third kappa shape index (κ3) is 6.04. The van der Waals surface area contributed by atoms with Crippen molar-refractivity contribution in [2.75, 3.05) is 17.8 Å². The van der Waals surface area contributed by atoms with Crippen LogP contribution in [0.5, 0.6) is 0 Å². The topological polar surface area (TPSA) is 87.0 Å². The van der Waals surface area contributed by atoms with E-state index in [4.69, 9.17) is 4.98 Å². The average molecular weight is 510 g/mol. The van der Waals surface area contributed by atoms with Gasteiger partial charge in [-0.25, -0.2) is 18.9 Å². The number of nitrogens with zero attached hydrogens (tertiary/aromatic N) is 4. The summed E-state index contributed by atoms with van der Waals surface area (Å²) in [4.78, 5) is 21.2. The first-order valence-electron chi connectivity index (χ1n) is 11.5. The number of carbonyl (C=O) groups is 1. The van der Waals surface area contributed by atoms with Crippen molar-refractivity contribution >= 4 is 34.4 Å². The van der Waals surface area contributed by atoms with Crippen molar-refractivity contribution in [1.82, 2.24) is 19.7 Å². The van der Waals surface area contributed by atoms with Gasteiger partial charge in [0.2, 0.25) is 0 Å². The first-order chi connectivity index (χ1) is 17.6. The van der Waals surface area contributed by atoms with E-state index in [2.05, 4.69) is 34.5 Å². The number of amides is 1. The highest BCUT2D eigenvalue weighted by molar-refractivity contribution is 6.15. The number of imidazole rings is 1. The summed E-state index contributed by atoms with van der Waals surface area (Å²) in [5.74, 6) is 0.955. The number of para-hydroxylation sites is 1. The molecule has 5 rings (SSSR count). The summed E-state index contributed by atoms with van der Waals surface area (Å²) in [6, 6.07) is 14.0. The molecule has 0 atom stereocenters. The van der Waals surface area contributed by atoms with Crippen LogP contribution in [0.1, 0.15) is 37.4 Å². The van der Waals surface area contributed by atoms with Crippen molar-refractivity contribution in [3.8, 4) is 18.5 Å². The zero-order chi connectivity index (χ0) is 26.1. The first-order valence-corrected chi connectivity index (χ1v) is 12.3. The highest BCUT2D eigenvalue weighted by Gasteiger charge is 2.28. The number of nitrogens with one attached hydrogen (secondary N) is 1. The Morgan fingerprint density at radius 3 is 2.53 bits per heavy atom. The Morgan fingerprint density at radius 1 is 1.17 bits per heavy atom. The van der Waals surface area contributed by atoms with Crippen LogP contribution in [0.25, 0.3) is 16.7 Å². The molecule has 1 aliphatic carbocycles. The van der Waals surface area contributed by atoms with E-state index >= 15 is 0 Å². The molecule has 0 radical (unpaired) electrons. The molecule has 0 bridgehead atoms. The molecule has 2 aromatic heterocycles. The molecule has 1 aliphatic rings. The van der Waals surface area contributed by atoms with Crippen molar-refractivity contribution < 1.29 is 14.3 Å². The molecule has 1 fully saturated rings.